The maximum atomic E-state index is 12.0. The molecule has 3 N–H and O–H groups in total. The summed E-state index contributed by atoms with van der Waals surface area (Å²) < 4.78 is 0. The molecule has 1 saturated carbocycles. The summed E-state index contributed by atoms with van der Waals surface area (Å²) in [5.74, 6) is 0.815. The summed E-state index contributed by atoms with van der Waals surface area (Å²) in [5, 5.41) is 3.45. The lowest BCUT2D eigenvalue weighted by Crippen LogP contribution is -2.54. The van der Waals surface area contributed by atoms with Crippen LogP contribution in [0.5, 0.6) is 0 Å². The van der Waals surface area contributed by atoms with E-state index in [0.717, 1.165) is 24.1 Å². The Morgan fingerprint density at radius 3 is 2.37 bits per heavy atom. The van der Waals surface area contributed by atoms with E-state index in [2.05, 4.69) is 19.2 Å². The molecule has 0 aliphatic heterocycles. The number of amides is 1. The van der Waals surface area contributed by atoms with Crippen molar-refractivity contribution in [2.75, 3.05) is 5.32 Å². The van der Waals surface area contributed by atoms with Gasteiger partial charge in [0.05, 0.1) is 0 Å². The first-order chi connectivity index (χ1) is 8.93. The van der Waals surface area contributed by atoms with E-state index >= 15 is 0 Å². The third-order valence-electron chi connectivity index (χ3n) is 4.19. The molecule has 1 aliphatic carbocycles. The third-order valence-corrected chi connectivity index (χ3v) is 4.19. The van der Waals surface area contributed by atoms with Crippen molar-refractivity contribution in [2.24, 2.45) is 17.6 Å². The molecule has 0 saturated heterocycles. The number of hydrogen-bond acceptors (Lipinski definition) is 2. The Balaban J connectivity index is 2.30. The lowest BCUT2D eigenvalue weighted by molar-refractivity contribution is -0.124. The molecule has 2 atom stereocenters. The first-order valence-electron chi connectivity index (χ1n) is 7.06. The zero-order valence-electron chi connectivity index (χ0n) is 12.1. The Hall–Kier alpha value is -1.51. The Morgan fingerprint density at radius 2 is 1.84 bits per heavy atom. The van der Waals surface area contributed by atoms with Crippen molar-refractivity contribution in [2.45, 2.75) is 45.6 Å². The van der Waals surface area contributed by atoms with E-state index in [1.807, 2.05) is 31.2 Å². The highest BCUT2D eigenvalue weighted by molar-refractivity contribution is 5.88. The van der Waals surface area contributed by atoms with Crippen LogP contribution in [0, 0.1) is 18.8 Å². The van der Waals surface area contributed by atoms with Gasteiger partial charge >= 0.3 is 0 Å². The lowest BCUT2D eigenvalue weighted by Gasteiger charge is -2.42. The number of anilines is 1. The minimum atomic E-state index is -0.594. The van der Waals surface area contributed by atoms with Crippen LogP contribution in [-0.2, 0) is 4.79 Å². The van der Waals surface area contributed by atoms with Crippen molar-refractivity contribution < 1.29 is 4.79 Å². The molecule has 1 aromatic rings. The summed E-state index contributed by atoms with van der Waals surface area (Å²) in [4.78, 5) is 12.0. The predicted octanol–water partition coefficient (Wildman–Crippen LogP) is 3.09. The topological polar surface area (TPSA) is 55.1 Å². The van der Waals surface area contributed by atoms with E-state index in [4.69, 9.17) is 5.73 Å². The molecule has 104 valence electrons. The van der Waals surface area contributed by atoms with Crippen LogP contribution in [0.3, 0.4) is 0 Å². The van der Waals surface area contributed by atoms with Crippen LogP contribution in [-0.4, -0.2) is 11.4 Å². The first kappa shape index (κ1) is 13.9. The number of nitrogens with two attached hydrogens (primary N) is 1. The van der Waals surface area contributed by atoms with Gasteiger partial charge in [-0.15, -0.1) is 0 Å². The number of aryl methyl sites for hydroxylation is 1. The summed E-state index contributed by atoms with van der Waals surface area (Å²) in [6.07, 6.45) is 2.81. The number of primary amides is 1. The average molecular weight is 260 g/mol. The first-order valence-corrected chi connectivity index (χ1v) is 7.06. The maximum absolute atomic E-state index is 12.0. The number of carbonyl (C=O) groups is 1. The Kier molecular flexibility index (Phi) is 3.83. The van der Waals surface area contributed by atoms with Gasteiger partial charge in [-0.3, -0.25) is 4.79 Å². The number of benzene rings is 1. The fraction of sp³-hybridized carbons (Fsp3) is 0.562. The minimum absolute atomic E-state index is 0.228. The van der Waals surface area contributed by atoms with E-state index in [-0.39, 0.29) is 5.91 Å². The van der Waals surface area contributed by atoms with Gasteiger partial charge in [0, 0.05) is 5.69 Å². The van der Waals surface area contributed by atoms with Crippen molar-refractivity contribution in [1.29, 1.82) is 0 Å². The number of rotatable bonds is 3. The molecule has 0 spiro atoms. The summed E-state index contributed by atoms with van der Waals surface area (Å²) in [6.45, 7) is 6.45. The fourth-order valence-electron chi connectivity index (χ4n) is 3.46. The van der Waals surface area contributed by atoms with Gasteiger partial charge in [0.1, 0.15) is 5.54 Å². The molecule has 2 rings (SSSR count). The Labute approximate surface area is 115 Å². The van der Waals surface area contributed by atoms with Crippen LogP contribution in [0.25, 0.3) is 0 Å². The van der Waals surface area contributed by atoms with Gasteiger partial charge in [-0.1, -0.05) is 32.0 Å². The molecule has 0 bridgehead atoms. The summed E-state index contributed by atoms with van der Waals surface area (Å²) in [5.41, 5.74) is 7.29. The van der Waals surface area contributed by atoms with Crippen LogP contribution in [0.2, 0.25) is 0 Å². The van der Waals surface area contributed by atoms with Crippen LogP contribution >= 0.6 is 0 Å². The van der Waals surface area contributed by atoms with Gasteiger partial charge in [0.2, 0.25) is 5.91 Å². The zero-order chi connectivity index (χ0) is 14.0. The van der Waals surface area contributed by atoms with Gasteiger partial charge in [-0.2, -0.15) is 0 Å². The van der Waals surface area contributed by atoms with Crippen molar-refractivity contribution >= 4 is 11.6 Å². The smallest absolute Gasteiger partial charge is 0.243 e. The number of carbonyl (C=O) groups excluding carboxylic acids is 1. The minimum Gasteiger partial charge on any atom is -0.371 e. The number of nitrogens with one attached hydrogen (secondary N) is 1. The molecule has 0 heterocycles. The number of hydrogen-bond donors (Lipinski definition) is 2. The molecule has 1 amide bonds. The van der Waals surface area contributed by atoms with Gasteiger partial charge < -0.3 is 11.1 Å². The van der Waals surface area contributed by atoms with Crippen molar-refractivity contribution in [3.8, 4) is 0 Å². The van der Waals surface area contributed by atoms with Gasteiger partial charge in [0.15, 0.2) is 0 Å². The second-order valence-electron chi connectivity index (χ2n) is 6.24. The van der Waals surface area contributed by atoms with E-state index < -0.39 is 5.54 Å². The Morgan fingerprint density at radius 1 is 1.26 bits per heavy atom. The molecular formula is C16H24N2O. The molecule has 1 fully saturated rings. The highest BCUT2D eigenvalue weighted by Gasteiger charge is 2.42. The second kappa shape index (κ2) is 5.24. The molecule has 19 heavy (non-hydrogen) atoms. The zero-order valence-corrected chi connectivity index (χ0v) is 12.1. The van der Waals surface area contributed by atoms with Crippen molar-refractivity contribution in [3.63, 3.8) is 0 Å². The predicted molar refractivity (Wildman–Crippen MR) is 78.9 cm³/mol. The fourth-order valence-corrected chi connectivity index (χ4v) is 3.46. The molecule has 2 unspecified atom stereocenters. The molecule has 0 radical (unpaired) electrons. The van der Waals surface area contributed by atoms with Gasteiger partial charge in [0.25, 0.3) is 0 Å². The highest BCUT2D eigenvalue weighted by atomic mass is 16.1. The lowest BCUT2D eigenvalue weighted by atomic mass is 9.71. The summed E-state index contributed by atoms with van der Waals surface area (Å²) in [6, 6.07) is 8.06. The van der Waals surface area contributed by atoms with Crippen molar-refractivity contribution in [1.82, 2.24) is 0 Å². The van der Waals surface area contributed by atoms with E-state index in [1.165, 1.54) is 6.42 Å². The van der Waals surface area contributed by atoms with Gasteiger partial charge in [-0.05, 0) is 49.7 Å². The van der Waals surface area contributed by atoms with E-state index in [0.29, 0.717) is 11.8 Å². The molecule has 1 aliphatic rings. The largest absolute Gasteiger partial charge is 0.371 e. The SMILES string of the molecule is Cc1ccccc1NC1(C(N)=O)CC(C)CC(C)C1. The van der Waals surface area contributed by atoms with E-state index in [9.17, 15) is 4.79 Å². The number of para-hydroxylation sites is 1. The molecule has 0 aromatic heterocycles. The normalized spacial score (nSPS) is 30.9. The standard InChI is InChI=1S/C16H24N2O/c1-11-8-12(2)10-16(9-11,15(17)19)18-14-7-5-4-6-13(14)3/h4-7,11-12,18H,8-10H2,1-3H3,(H2,17,19). The van der Waals surface area contributed by atoms with Gasteiger partial charge in [-0.25, -0.2) is 0 Å². The van der Waals surface area contributed by atoms with Crippen LogP contribution in [0.15, 0.2) is 24.3 Å². The highest BCUT2D eigenvalue weighted by Crippen LogP contribution is 2.38. The maximum Gasteiger partial charge on any atom is 0.243 e. The van der Waals surface area contributed by atoms with E-state index in [1.54, 1.807) is 0 Å². The monoisotopic (exact) mass is 260 g/mol. The molecule has 3 nitrogen and oxygen atoms in total. The summed E-state index contributed by atoms with van der Waals surface area (Å²) in [7, 11) is 0. The van der Waals surface area contributed by atoms with Crippen LogP contribution < -0.4 is 11.1 Å². The molecule has 3 heteroatoms. The van der Waals surface area contributed by atoms with Crippen LogP contribution in [0.4, 0.5) is 5.69 Å². The van der Waals surface area contributed by atoms with Crippen LogP contribution in [0.1, 0.15) is 38.7 Å². The summed E-state index contributed by atoms with van der Waals surface area (Å²) >= 11 is 0. The quantitative estimate of drug-likeness (QED) is 0.877. The third kappa shape index (κ3) is 2.91. The van der Waals surface area contributed by atoms with Crippen molar-refractivity contribution in [3.05, 3.63) is 29.8 Å². The molecule has 1 aromatic carbocycles. The molecular weight excluding hydrogens is 236 g/mol. The second-order valence-corrected chi connectivity index (χ2v) is 6.24. The Bertz CT molecular complexity index is 460. The average Bonchev–Trinajstić information content (AvgIpc) is 2.30.